The minimum Gasteiger partial charge on any atom is -0.0848 e. The maximum Gasteiger partial charge on any atom is -0.0191 e. The lowest BCUT2D eigenvalue weighted by Crippen LogP contribution is -2.33. The van der Waals surface area contributed by atoms with E-state index < -0.39 is 0 Å². The van der Waals surface area contributed by atoms with Crippen LogP contribution in [0.25, 0.3) is 0 Å². The molecular weight excluding hydrogens is 216 g/mol. The van der Waals surface area contributed by atoms with Gasteiger partial charge in [0.25, 0.3) is 0 Å². The second kappa shape index (κ2) is 4.12. The standard InChI is InChI=1S/C18H28/c1-2-3-4-5-9-18-10-8-15(12-18)16-13-6-7-14(11-13)17(16)18/h6-7,13-17H,2-5,8-12H2,1H3. The van der Waals surface area contributed by atoms with Crippen LogP contribution >= 0.6 is 0 Å². The first-order chi connectivity index (χ1) is 8.84. The molecule has 0 nitrogen and oxygen atoms in total. The van der Waals surface area contributed by atoms with Crippen molar-refractivity contribution in [3.05, 3.63) is 12.2 Å². The Balaban J connectivity index is 1.49. The molecule has 4 aliphatic carbocycles. The Morgan fingerprint density at radius 2 is 2.00 bits per heavy atom. The first-order valence-electron chi connectivity index (χ1n) is 8.52. The predicted molar refractivity (Wildman–Crippen MR) is 76.3 cm³/mol. The number of fused-ring (bicyclic) bond motifs is 9. The molecule has 4 bridgehead atoms. The lowest BCUT2D eigenvalue weighted by atomic mass is 9.64. The molecule has 6 unspecified atom stereocenters. The van der Waals surface area contributed by atoms with Crippen molar-refractivity contribution in [2.45, 2.75) is 64.7 Å². The van der Waals surface area contributed by atoms with Crippen LogP contribution in [-0.4, -0.2) is 0 Å². The van der Waals surface area contributed by atoms with Crippen molar-refractivity contribution in [2.24, 2.45) is 35.0 Å². The van der Waals surface area contributed by atoms with Gasteiger partial charge in [-0.2, -0.15) is 0 Å². The Hall–Kier alpha value is -0.260. The van der Waals surface area contributed by atoms with Gasteiger partial charge in [-0.3, -0.25) is 0 Å². The molecule has 3 fully saturated rings. The van der Waals surface area contributed by atoms with Crippen molar-refractivity contribution >= 4 is 0 Å². The zero-order valence-corrected chi connectivity index (χ0v) is 11.9. The fourth-order valence-electron chi connectivity index (χ4n) is 6.49. The van der Waals surface area contributed by atoms with Crippen LogP contribution in [0.1, 0.15) is 64.7 Å². The van der Waals surface area contributed by atoms with E-state index in [0.29, 0.717) is 0 Å². The number of allylic oxidation sites excluding steroid dienone is 2. The van der Waals surface area contributed by atoms with Crippen molar-refractivity contribution in [1.29, 1.82) is 0 Å². The zero-order chi connectivity index (χ0) is 12.2. The molecule has 0 aromatic carbocycles. The molecule has 0 radical (unpaired) electrons. The predicted octanol–water partition coefficient (Wildman–Crippen LogP) is 5.20. The summed E-state index contributed by atoms with van der Waals surface area (Å²) in [5, 5.41) is 0. The van der Waals surface area contributed by atoms with Gasteiger partial charge in [-0.15, -0.1) is 0 Å². The Bertz CT molecular complexity index is 355. The summed E-state index contributed by atoms with van der Waals surface area (Å²) in [4.78, 5) is 0. The van der Waals surface area contributed by atoms with Gasteiger partial charge >= 0.3 is 0 Å². The third-order valence-electron chi connectivity index (χ3n) is 6.98. The smallest absolute Gasteiger partial charge is 0.0191 e. The Morgan fingerprint density at radius 1 is 1.11 bits per heavy atom. The number of unbranched alkanes of at least 4 members (excludes halogenated alkanes) is 3. The number of hydrogen-bond acceptors (Lipinski definition) is 0. The quantitative estimate of drug-likeness (QED) is 0.354. The van der Waals surface area contributed by atoms with Crippen LogP contribution in [0.15, 0.2) is 12.2 Å². The van der Waals surface area contributed by atoms with Crippen molar-refractivity contribution in [1.82, 2.24) is 0 Å². The van der Waals surface area contributed by atoms with E-state index in [2.05, 4.69) is 19.1 Å². The van der Waals surface area contributed by atoms with E-state index in [0.717, 1.165) is 35.0 Å². The van der Waals surface area contributed by atoms with Crippen molar-refractivity contribution in [3.63, 3.8) is 0 Å². The van der Waals surface area contributed by atoms with E-state index in [1.165, 1.54) is 32.1 Å². The SMILES string of the molecule is CCCCCCC12CCC(C1)C1C3C=CC(C3)C12. The minimum absolute atomic E-state index is 0.813. The zero-order valence-electron chi connectivity index (χ0n) is 11.9. The molecule has 0 heterocycles. The van der Waals surface area contributed by atoms with Gasteiger partial charge in [-0.05, 0) is 67.1 Å². The highest BCUT2D eigenvalue weighted by Crippen LogP contribution is 2.72. The van der Waals surface area contributed by atoms with Crippen LogP contribution in [-0.2, 0) is 0 Å². The van der Waals surface area contributed by atoms with Gasteiger partial charge in [0.1, 0.15) is 0 Å². The molecule has 0 spiro atoms. The highest BCUT2D eigenvalue weighted by molar-refractivity contribution is 5.22. The van der Waals surface area contributed by atoms with Gasteiger partial charge in [0.05, 0.1) is 0 Å². The average Bonchev–Trinajstić information content (AvgIpc) is 3.11. The molecule has 4 rings (SSSR count). The maximum atomic E-state index is 2.60. The summed E-state index contributed by atoms with van der Waals surface area (Å²) in [5.74, 6) is 5.37. The molecule has 100 valence electrons. The first kappa shape index (κ1) is 11.6. The molecule has 0 aliphatic heterocycles. The second-order valence-corrected chi connectivity index (χ2v) is 7.73. The van der Waals surface area contributed by atoms with Crippen molar-refractivity contribution < 1.29 is 0 Å². The Kier molecular flexibility index (Phi) is 2.64. The summed E-state index contributed by atoms with van der Waals surface area (Å²) in [6.07, 6.45) is 18.9. The number of rotatable bonds is 5. The molecule has 0 N–H and O–H groups in total. The highest BCUT2D eigenvalue weighted by Gasteiger charge is 2.64. The van der Waals surface area contributed by atoms with Crippen LogP contribution < -0.4 is 0 Å². The fraction of sp³-hybridized carbons (Fsp3) is 0.889. The Labute approximate surface area is 112 Å². The van der Waals surface area contributed by atoms with Crippen LogP contribution in [0.2, 0.25) is 0 Å². The lowest BCUT2D eigenvalue weighted by Gasteiger charge is -2.40. The lowest BCUT2D eigenvalue weighted by molar-refractivity contribution is 0.103. The summed E-state index contributed by atoms with van der Waals surface area (Å²) >= 11 is 0. The van der Waals surface area contributed by atoms with E-state index in [1.807, 2.05) is 0 Å². The molecule has 3 saturated carbocycles. The molecular formula is C18H28. The molecule has 0 aromatic heterocycles. The molecule has 0 heteroatoms. The summed E-state index contributed by atoms with van der Waals surface area (Å²) in [5.41, 5.74) is 0.813. The van der Waals surface area contributed by atoms with Gasteiger partial charge in [0.2, 0.25) is 0 Å². The normalized spacial score (nSPS) is 51.3. The van der Waals surface area contributed by atoms with E-state index in [1.54, 1.807) is 25.7 Å². The molecule has 4 aliphatic rings. The van der Waals surface area contributed by atoms with Gasteiger partial charge in [-0.25, -0.2) is 0 Å². The third kappa shape index (κ3) is 1.44. The van der Waals surface area contributed by atoms with E-state index in [-0.39, 0.29) is 0 Å². The molecule has 18 heavy (non-hydrogen) atoms. The van der Waals surface area contributed by atoms with E-state index in [9.17, 15) is 0 Å². The summed E-state index contributed by atoms with van der Waals surface area (Å²) < 4.78 is 0. The highest BCUT2D eigenvalue weighted by atomic mass is 14.7. The topological polar surface area (TPSA) is 0 Å². The van der Waals surface area contributed by atoms with Crippen LogP contribution in [0.5, 0.6) is 0 Å². The third-order valence-corrected chi connectivity index (χ3v) is 6.98. The van der Waals surface area contributed by atoms with Crippen molar-refractivity contribution in [2.75, 3.05) is 0 Å². The molecule has 0 aromatic rings. The molecule has 0 amide bonds. The van der Waals surface area contributed by atoms with E-state index in [4.69, 9.17) is 0 Å². The summed E-state index contributed by atoms with van der Waals surface area (Å²) in [6, 6.07) is 0. The van der Waals surface area contributed by atoms with Gasteiger partial charge < -0.3 is 0 Å². The maximum absolute atomic E-state index is 2.60. The number of hydrogen-bond donors (Lipinski definition) is 0. The minimum atomic E-state index is 0.813. The average molecular weight is 244 g/mol. The molecule has 6 atom stereocenters. The van der Waals surface area contributed by atoms with Crippen LogP contribution in [0, 0.1) is 35.0 Å². The van der Waals surface area contributed by atoms with Gasteiger partial charge in [0, 0.05) is 0 Å². The monoisotopic (exact) mass is 244 g/mol. The first-order valence-corrected chi connectivity index (χ1v) is 8.52. The van der Waals surface area contributed by atoms with Crippen LogP contribution in [0.4, 0.5) is 0 Å². The van der Waals surface area contributed by atoms with Crippen molar-refractivity contribution in [3.8, 4) is 0 Å². The van der Waals surface area contributed by atoms with E-state index >= 15 is 0 Å². The van der Waals surface area contributed by atoms with Crippen LogP contribution in [0.3, 0.4) is 0 Å². The Morgan fingerprint density at radius 3 is 2.89 bits per heavy atom. The van der Waals surface area contributed by atoms with Gasteiger partial charge in [-0.1, -0.05) is 44.8 Å². The summed E-state index contributed by atoms with van der Waals surface area (Å²) in [6.45, 7) is 2.33. The fourth-order valence-corrected chi connectivity index (χ4v) is 6.49. The summed E-state index contributed by atoms with van der Waals surface area (Å²) in [7, 11) is 0. The van der Waals surface area contributed by atoms with Gasteiger partial charge in [0.15, 0.2) is 0 Å². The molecule has 0 saturated heterocycles. The largest absolute Gasteiger partial charge is 0.0848 e. The second-order valence-electron chi connectivity index (χ2n) is 7.73.